The summed E-state index contributed by atoms with van der Waals surface area (Å²) in [5.74, 6) is -3.63. The highest BCUT2D eigenvalue weighted by molar-refractivity contribution is 5.98. The van der Waals surface area contributed by atoms with Crippen LogP contribution in [0, 0.1) is 5.82 Å². The van der Waals surface area contributed by atoms with Gasteiger partial charge >= 0.3 is 5.97 Å². The lowest BCUT2D eigenvalue weighted by atomic mass is 10.1. The molecule has 0 saturated carbocycles. The molecule has 6 nitrogen and oxygen atoms in total. The number of carboxylic acids is 1. The number of aliphatic carboxylic acids is 1. The minimum absolute atomic E-state index is 0.0216. The number of carboxylic acid groups (broad SMARTS) is 1. The van der Waals surface area contributed by atoms with Crippen molar-refractivity contribution < 1.29 is 23.9 Å². The molecule has 18 heavy (non-hydrogen) atoms. The molecule has 0 heterocycles. The molecule has 1 rings (SSSR count). The Morgan fingerprint density at radius 3 is 2.56 bits per heavy atom. The molecule has 96 valence electrons. The number of primary amides is 1. The molecule has 0 aromatic heterocycles. The van der Waals surface area contributed by atoms with Crippen LogP contribution < -0.4 is 11.1 Å². The van der Waals surface area contributed by atoms with Gasteiger partial charge in [0.1, 0.15) is 11.9 Å². The molecule has 7 heteroatoms. The van der Waals surface area contributed by atoms with E-state index in [1.54, 1.807) is 0 Å². The number of amides is 2. The summed E-state index contributed by atoms with van der Waals surface area (Å²) >= 11 is 0. The maximum atomic E-state index is 12.9. The largest absolute Gasteiger partial charge is 0.481 e. The summed E-state index contributed by atoms with van der Waals surface area (Å²) < 4.78 is 12.9. The van der Waals surface area contributed by atoms with E-state index >= 15 is 0 Å². The molecule has 0 unspecified atom stereocenters. The lowest BCUT2D eigenvalue weighted by molar-refractivity contribution is -0.139. The lowest BCUT2D eigenvalue weighted by Crippen LogP contribution is -2.45. The van der Waals surface area contributed by atoms with Crippen molar-refractivity contribution in [2.24, 2.45) is 5.73 Å². The predicted octanol–water partition coefficient (Wildman–Crippen LogP) is -0.116. The number of nitrogens with two attached hydrogens (primary N) is 1. The fourth-order valence-electron chi connectivity index (χ4n) is 1.27. The topological polar surface area (TPSA) is 109 Å². The monoisotopic (exact) mass is 254 g/mol. The maximum Gasteiger partial charge on any atom is 0.305 e. The van der Waals surface area contributed by atoms with E-state index in [4.69, 9.17) is 10.8 Å². The van der Waals surface area contributed by atoms with Gasteiger partial charge in [0.2, 0.25) is 5.91 Å². The molecule has 0 fully saturated rings. The molecule has 1 aromatic rings. The van der Waals surface area contributed by atoms with Crippen molar-refractivity contribution in [3.63, 3.8) is 0 Å². The van der Waals surface area contributed by atoms with Crippen molar-refractivity contribution in [3.8, 4) is 0 Å². The number of carbonyl (C=O) groups is 3. The molecule has 0 aliphatic heterocycles. The van der Waals surface area contributed by atoms with E-state index in [-0.39, 0.29) is 5.56 Å². The van der Waals surface area contributed by atoms with Crippen molar-refractivity contribution >= 4 is 17.8 Å². The maximum absolute atomic E-state index is 12.9. The Hall–Kier alpha value is -2.44. The predicted molar refractivity (Wildman–Crippen MR) is 59.1 cm³/mol. The van der Waals surface area contributed by atoms with Crippen molar-refractivity contribution in [2.75, 3.05) is 0 Å². The molecule has 0 radical (unpaired) electrons. The van der Waals surface area contributed by atoms with Gasteiger partial charge in [-0.15, -0.1) is 0 Å². The SMILES string of the molecule is NC(=O)[C@H](CC(=O)O)NC(=O)c1cccc(F)c1. The zero-order chi connectivity index (χ0) is 13.7. The van der Waals surface area contributed by atoms with Crippen LogP contribution in [-0.2, 0) is 9.59 Å². The van der Waals surface area contributed by atoms with E-state index in [0.717, 1.165) is 12.1 Å². The van der Waals surface area contributed by atoms with Crippen LogP contribution >= 0.6 is 0 Å². The number of hydrogen-bond acceptors (Lipinski definition) is 3. The van der Waals surface area contributed by atoms with Crippen LogP contribution in [0.2, 0.25) is 0 Å². The van der Waals surface area contributed by atoms with Gasteiger partial charge in [-0.25, -0.2) is 4.39 Å². The molecule has 1 atom stereocenters. The van der Waals surface area contributed by atoms with Crippen LogP contribution in [-0.4, -0.2) is 28.9 Å². The molecule has 0 spiro atoms. The summed E-state index contributed by atoms with van der Waals surface area (Å²) in [5, 5.41) is 10.7. The quantitative estimate of drug-likeness (QED) is 0.680. The molecular formula is C11H11FN2O4. The minimum Gasteiger partial charge on any atom is -0.481 e. The van der Waals surface area contributed by atoms with E-state index in [0.29, 0.717) is 0 Å². The summed E-state index contributed by atoms with van der Waals surface area (Å²) in [4.78, 5) is 33.0. The smallest absolute Gasteiger partial charge is 0.305 e. The molecular weight excluding hydrogens is 243 g/mol. The van der Waals surface area contributed by atoms with Crippen LogP contribution in [0.25, 0.3) is 0 Å². The van der Waals surface area contributed by atoms with Crippen LogP contribution in [0.1, 0.15) is 16.8 Å². The van der Waals surface area contributed by atoms with Gasteiger partial charge in [-0.05, 0) is 18.2 Å². The van der Waals surface area contributed by atoms with Gasteiger partial charge in [0.05, 0.1) is 6.42 Å². The zero-order valence-corrected chi connectivity index (χ0v) is 9.22. The Bertz CT molecular complexity index is 490. The molecule has 0 bridgehead atoms. The van der Waals surface area contributed by atoms with Crippen molar-refractivity contribution in [3.05, 3.63) is 35.6 Å². The molecule has 1 aromatic carbocycles. The highest BCUT2D eigenvalue weighted by atomic mass is 19.1. The van der Waals surface area contributed by atoms with Crippen molar-refractivity contribution in [2.45, 2.75) is 12.5 Å². The minimum atomic E-state index is -1.33. The van der Waals surface area contributed by atoms with E-state index in [1.165, 1.54) is 12.1 Å². The van der Waals surface area contributed by atoms with E-state index in [9.17, 15) is 18.8 Å². The third-order valence-electron chi connectivity index (χ3n) is 2.11. The lowest BCUT2D eigenvalue weighted by Gasteiger charge is -2.13. The Kier molecular flexibility index (Phi) is 4.36. The van der Waals surface area contributed by atoms with Gasteiger partial charge < -0.3 is 16.2 Å². The molecule has 0 aliphatic carbocycles. The Labute approximate surface area is 102 Å². The average Bonchev–Trinajstić information content (AvgIpc) is 2.27. The first kappa shape index (κ1) is 13.6. The second kappa shape index (κ2) is 5.76. The number of nitrogens with one attached hydrogen (secondary N) is 1. The molecule has 0 saturated heterocycles. The van der Waals surface area contributed by atoms with Crippen molar-refractivity contribution in [1.82, 2.24) is 5.32 Å². The molecule has 2 amide bonds. The van der Waals surface area contributed by atoms with E-state index < -0.39 is 36.1 Å². The summed E-state index contributed by atoms with van der Waals surface area (Å²) in [6.07, 6.45) is -0.629. The van der Waals surface area contributed by atoms with Gasteiger partial charge in [0.25, 0.3) is 5.91 Å². The fourth-order valence-corrected chi connectivity index (χ4v) is 1.27. The summed E-state index contributed by atoms with van der Waals surface area (Å²) in [7, 11) is 0. The third-order valence-corrected chi connectivity index (χ3v) is 2.11. The molecule has 0 aliphatic rings. The zero-order valence-electron chi connectivity index (χ0n) is 9.22. The fraction of sp³-hybridized carbons (Fsp3) is 0.182. The normalized spacial score (nSPS) is 11.6. The Morgan fingerprint density at radius 2 is 2.06 bits per heavy atom. The average molecular weight is 254 g/mol. The second-order valence-electron chi connectivity index (χ2n) is 3.54. The number of halogens is 1. The summed E-state index contributed by atoms with van der Waals surface area (Å²) in [6, 6.07) is 3.43. The highest BCUT2D eigenvalue weighted by Gasteiger charge is 2.21. The van der Waals surface area contributed by atoms with Gasteiger partial charge in [0, 0.05) is 5.56 Å². The first-order valence-electron chi connectivity index (χ1n) is 4.97. The number of hydrogen-bond donors (Lipinski definition) is 3. The number of benzene rings is 1. The number of rotatable bonds is 5. The first-order valence-corrected chi connectivity index (χ1v) is 4.97. The third kappa shape index (κ3) is 3.85. The van der Waals surface area contributed by atoms with Gasteiger partial charge in [-0.3, -0.25) is 14.4 Å². The summed E-state index contributed by atoms with van der Waals surface area (Å²) in [6.45, 7) is 0. The Balaban J connectivity index is 2.78. The van der Waals surface area contributed by atoms with Gasteiger partial charge in [-0.1, -0.05) is 6.07 Å². The van der Waals surface area contributed by atoms with Crippen LogP contribution in [0.5, 0.6) is 0 Å². The number of carbonyl (C=O) groups excluding carboxylic acids is 2. The van der Waals surface area contributed by atoms with Crippen LogP contribution in [0.3, 0.4) is 0 Å². The van der Waals surface area contributed by atoms with E-state index in [1.807, 2.05) is 0 Å². The highest BCUT2D eigenvalue weighted by Crippen LogP contribution is 2.04. The first-order chi connectivity index (χ1) is 8.40. The second-order valence-corrected chi connectivity index (χ2v) is 3.54. The van der Waals surface area contributed by atoms with E-state index in [2.05, 4.69) is 5.32 Å². The Morgan fingerprint density at radius 1 is 1.39 bits per heavy atom. The van der Waals surface area contributed by atoms with Crippen LogP contribution in [0.15, 0.2) is 24.3 Å². The van der Waals surface area contributed by atoms with Gasteiger partial charge in [-0.2, -0.15) is 0 Å². The van der Waals surface area contributed by atoms with Gasteiger partial charge in [0.15, 0.2) is 0 Å². The van der Waals surface area contributed by atoms with Crippen molar-refractivity contribution in [1.29, 1.82) is 0 Å². The van der Waals surface area contributed by atoms with Crippen LogP contribution in [0.4, 0.5) is 4.39 Å². The standard InChI is InChI=1S/C11H11FN2O4/c12-7-3-1-2-6(4-7)11(18)14-8(10(13)17)5-9(15)16/h1-4,8H,5H2,(H2,13,17)(H,14,18)(H,15,16)/t8-/m0/s1. The molecule has 4 N–H and O–H groups in total. The summed E-state index contributed by atoms with van der Waals surface area (Å²) in [5.41, 5.74) is 4.93.